The molecule has 0 bridgehead atoms. The van der Waals surface area contributed by atoms with E-state index in [4.69, 9.17) is 12.2 Å². The van der Waals surface area contributed by atoms with Gasteiger partial charge in [0.1, 0.15) is 10.9 Å². The number of allylic oxidation sites excluding steroid dienone is 2. The fourth-order valence-corrected chi connectivity index (χ4v) is 6.24. The summed E-state index contributed by atoms with van der Waals surface area (Å²) in [5, 5.41) is 0. The monoisotopic (exact) mass is 500 g/mol. The molecule has 2 heterocycles. The lowest BCUT2D eigenvalue weighted by Crippen LogP contribution is -2.41. The number of hydrogen-bond acceptors (Lipinski definition) is 5. The second kappa shape index (κ2) is 9.62. The number of fused-ring (bicyclic) bond motifs is 2. The van der Waals surface area contributed by atoms with Crippen LogP contribution in [-0.4, -0.2) is 27.6 Å². The first-order valence-electron chi connectivity index (χ1n) is 10.7. The summed E-state index contributed by atoms with van der Waals surface area (Å²) in [5.41, 5.74) is 3.63. The standard InChI is InChI=1S/C27H20N2O2S3/c1-18(15-19-9-3-2-4-10-19)16-24-26(31)28(27(32)34-24)17-25(30)29-20-11-5-7-13-22(20)33-23-14-8-6-12-21(23)29/h2-16H,17H2,1H3. The number of benzene rings is 3. The van der Waals surface area contributed by atoms with Crippen LogP contribution >= 0.6 is 35.7 Å². The molecule has 0 saturated carbocycles. The Kier molecular flexibility index (Phi) is 6.41. The molecule has 0 radical (unpaired) electrons. The Morgan fingerprint density at radius 1 is 0.882 bits per heavy atom. The van der Waals surface area contributed by atoms with Gasteiger partial charge in [-0.15, -0.1) is 0 Å². The van der Waals surface area contributed by atoms with E-state index >= 15 is 0 Å². The van der Waals surface area contributed by atoms with Crippen LogP contribution in [0.3, 0.4) is 0 Å². The van der Waals surface area contributed by atoms with E-state index < -0.39 is 0 Å². The van der Waals surface area contributed by atoms with Crippen molar-refractivity contribution >= 4 is 69.3 Å². The van der Waals surface area contributed by atoms with Crippen LogP contribution in [0.5, 0.6) is 0 Å². The van der Waals surface area contributed by atoms with Gasteiger partial charge in [0, 0.05) is 9.79 Å². The Hall–Kier alpha value is -3.13. The summed E-state index contributed by atoms with van der Waals surface area (Å²) in [7, 11) is 0. The minimum Gasteiger partial charge on any atom is -0.283 e. The minimum absolute atomic E-state index is 0.114. The van der Waals surface area contributed by atoms with E-state index in [1.807, 2.05) is 97.9 Å². The van der Waals surface area contributed by atoms with Crippen molar-refractivity contribution in [1.82, 2.24) is 4.90 Å². The van der Waals surface area contributed by atoms with Gasteiger partial charge in [-0.2, -0.15) is 0 Å². The Bertz CT molecular complexity index is 1320. The number of rotatable bonds is 4. The Labute approximate surface area is 212 Å². The third-order valence-electron chi connectivity index (χ3n) is 5.40. The van der Waals surface area contributed by atoms with E-state index in [-0.39, 0.29) is 18.4 Å². The fraction of sp³-hybridized carbons (Fsp3) is 0.0741. The minimum atomic E-state index is -0.239. The fourth-order valence-electron chi connectivity index (χ4n) is 3.88. The van der Waals surface area contributed by atoms with Crippen LogP contribution < -0.4 is 4.90 Å². The van der Waals surface area contributed by atoms with Gasteiger partial charge in [0.25, 0.3) is 11.8 Å². The predicted octanol–water partition coefficient (Wildman–Crippen LogP) is 6.66. The van der Waals surface area contributed by atoms with Gasteiger partial charge in [-0.3, -0.25) is 19.4 Å². The molecule has 2 aliphatic rings. The molecule has 0 unspecified atom stereocenters. The van der Waals surface area contributed by atoms with Crippen LogP contribution in [0.2, 0.25) is 0 Å². The molecule has 0 atom stereocenters. The van der Waals surface area contributed by atoms with Crippen LogP contribution in [0.4, 0.5) is 11.4 Å². The van der Waals surface area contributed by atoms with Gasteiger partial charge in [-0.25, -0.2) is 0 Å². The number of carbonyl (C=O) groups excluding carboxylic acids is 2. The number of hydrogen-bond donors (Lipinski definition) is 0. The molecule has 1 fully saturated rings. The Morgan fingerprint density at radius 2 is 1.47 bits per heavy atom. The summed E-state index contributed by atoms with van der Waals surface area (Å²) in [6.45, 7) is 1.83. The molecular formula is C27H20N2O2S3. The third kappa shape index (κ3) is 4.46. The largest absolute Gasteiger partial charge is 0.283 e. The van der Waals surface area contributed by atoms with Gasteiger partial charge >= 0.3 is 0 Å². The topological polar surface area (TPSA) is 40.6 Å². The zero-order valence-electron chi connectivity index (χ0n) is 18.3. The van der Waals surface area contributed by atoms with Gasteiger partial charge < -0.3 is 0 Å². The molecule has 0 N–H and O–H groups in total. The van der Waals surface area contributed by atoms with Crippen LogP contribution in [0.15, 0.2) is 105 Å². The molecular weight excluding hydrogens is 481 g/mol. The predicted molar refractivity (Wildman–Crippen MR) is 144 cm³/mol. The molecule has 2 aliphatic heterocycles. The van der Waals surface area contributed by atoms with Gasteiger partial charge in [0.2, 0.25) is 0 Å². The van der Waals surface area contributed by atoms with Crippen molar-refractivity contribution < 1.29 is 9.59 Å². The van der Waals surface area contributed by atoms with Crippen molar-refractivity contribution in [3.8, 4) is 0 Å². The lowest BCUT2D eigenvalue weighted by Gasteiger charge is -2.32. The number of anilines is 2. The Morgan fingerprint density at radius 3 is 2.12 bits per heavy atom. The lowest BCUT2D eigenvalue weighted by atomic mass is 10.1. The van der Waals surface area contributed by atoms with Crippen molar-refractivity contribution in [1.29, 1.82) is 0 Å². The average molecular weight is 501 g/mol. The van der Waals surface area contributed by atoms with Crippen LogP contribution in [0, 0.1) is 0 Å². The van der Waals surface area contributed by atoms with Crippen molar-refractivity contribution in [3.05, 3.63) is 101 Å². The van der Waals surface area contributed by atoms with Crippen molar-refractivity contribution in [3.63, 3.8) is 0 Å². The third-order valence-corrected chi connectivity index (χ3v) is 7.91. The molecule has 34 heavy (non-hydrogen) atoms. The van der Waals surface area contributed by atoms with E-state index in [0.717, 1.165) is 32.3 Å². The van der Waals surface area contributed by atoms with Gasteiger partial charge in [0.05, 0.1) is 16.3 Å². The first-order chi connectivity index (χ1) is 16.5. The number of carbonyl (C=O) groups is 2. The quantitative estimate of drug-likeness (QED) is 0.296. The molecule has 2 amide bonds. The first kappa shape index (κ1) is 22.7. The SMILES string of the molecule is CC(=Cc1ccccc1)C=C1SC(=S)N(CC(=O)N2c3ccccc3Sc3ccccc32)C1=O. The highest BCUT2D eigenvalue weighted by Gasteiger charge is 2.36. The van der Waals surface area contributed by atoms with E-state index in [0.29, 0.717) is 9.23 Å². The molecule has 0 aromatic heterocycles. The zero-order chi connectivity index (χ0) is 23.7. The maximum absolute atomic E-state index is 13.6. The molecule has 1 saturated heterocycles. The molecule has 3 aromatic rings. The van der Waals surface area contributed by atoms with Gasteiger partial charge in [0.15, 0.2) is 0 Å². The van der Waals surface area contributed by atoms with Crippen LogP contribution in [-0.2, 0) is 9.59 Å². The van der Waals surface area contributed by atoms with Gasteiger partial charge in [-0.05, 0) is 48.4 Å². The zero-order valence-corrected chi connectivity index (χ0v) is 20.8. The first-order valence-corrected chi connectivity index (χ1v) is 12.7. The normalized spacial score (nSPS) is 16.6. The Balaban J connectivity index is 1.39. The van der Waals surface area contributed by atoms with E-state index in [2.05, 4.69) is 0 Å². The number of amides is 2. The molecule has 5 rings (SSSR count). The van der Waals surface area contributed by atoms with Crippen molar-refractivity contribution in [2.75, 3.05) is 11.4 Å². The average Bonchev–Trinajstić information content (AvgIpc) is 3.10. The summed E-state index contributed by atoms with van der Waals surface area (Å²) in [4.78, 5) is 32.4. The number of thiocarbonyl (C=S) groups is 1. The second-order valence-corrected chi connectivity index (χ2v) is 10.6. The summed E-state index contributed by atoms with van der Waals surface area (Å²) < 4.78 is 0.394. The number of thioether (sulfide) groups is 1. The van der Waals surface area contributed by atoms with Gasteiger partial charge in [-0.1, -0.05) is 96.4 Å². The maximum Gasteiger partial charge on any atom is 0.266 e. The summed E-state index contributed by atoms with van der Waals surface area (Å²) in [5.74, 6) is -0.439. The summed E-state index contributed by atoms with van der Waals surface area (Å²) in [6.07, 6.45) is 3.84. The van der Waals surface area contributed by atoms with Crippen molar-refractivity contribution in [2.45, 2.75) is 16.7 Å². The lowest BCUT2D eigenvalue weighted by molar-refractivity contribution is -0.127. The van der Waals surface area contributed by atoms with Crippen LogP contribution in [0.25, 0.3) is 6.08 Å². The summed E-state index contributed by atoms with van der Waals surface area (Å²) >= 11 is 8.36. The molecule has 7 heteroatoms. The highest BCUT2D eigenvalue weighted by Crippen LogP contribution is 2.48. The summed E-state index contributed by atoms with van der Waals surface area (Å²) in [6, 6.07) is 25.5. The molecule has 168 valence electrons. The highest BCUT2D eigenvalue weighted by molar-refractivity contribution is 8.26. The second-order valence-electron chi connectivity index (χ2n) is 7.83. The highest BCUT2D eigenvalue weighted by atomic mass is 32.2. The molecule has 4 nitrogen and oxygen atoms in total. The van der Waals surface area contributed by atoms with E-state index in [1.54, 1.807) is 16.7 Å². The molecule has 3 aromatic carbocycles. The van der Waals surface area contributed by atoms with Crippen molar-refractivity contribution in [2.24, 2.45) is 0 Å². The maximum atomic E-state index is 13.6. The van der Waals surface area contributed by atoms with E-state index in [1.165, 1.54) is 16.7 Å². The number of nitrogens with zero attached hydrogens (tertiary/aromatic N) is 2. The smallest absolute Gasteiger partial charge is 0.266 e. The van der Waals surface area contributed by atoms with Crippen LogP contribution in [0.1, 0.15) is 12.5 Å². The number of para-hydroxylation sites is 2. The molecule has 0 spiro atoms. The van der Waals surface area contributed by atoms with E-state index in [9.17, 15) is 9.59 Å². The molecule has 0 aliphatic carbocycles.